The molecule has 0 saturated heterocycles. The molecule has 13 heteroatoms. The van der Waals surface area contributed by atoms with Gasteiger partial charge in [-0.1, -0.05) is 24.3 Å². The molecule has 0 spiro atoms. The molecular weight excluding hydrogens is 458 g/mol. The lowest BCUT2D eigenvalue weighted by molar-refractivity contribution is 0.554. The predicted molar refractivity (Wildman–Crippen MR) is 128 cm³/mol. The summed E-state index contributed by atoms with van der Waals surface area (Å²) in [5, 5.41) is 17.1. The average Bonchev–Trinajstić information content (AvgIpc) is 3.57. The largest absolute Gasteiger partial charge is 0.368 e. The smallest absolute Gasteiger partial charge is 0.223 e. The fraction of sp³-hybridized carbons (Fsp3) is 0.0435. The highest BCUT2D eigenvalue weighted by molar-refractivity contribution is 5.89. The number of nitrogens with two attached hydrogens (primary N) is 1. The minimum Gasteiger partial charge on any atom is -0.368 e. The van der Waals surface area contributed by atoms with E-state index in [2.05, 4.69) is 45.3 Å². The van der Waals surface area contributed by atoms with Crippen molar-refractivity contribution in [2.24, 2.45) is 0 Å². The third kappa shape index (κ3) is 3.74. The maximum atomic E-state index is 7.37. The van der Waals surface area contributed by atoms with Gasteiger partial charge in [-0.05, 0) is 35.0 Å². The highest BCUT2D eigenvalue weighted by atomic mass is 15.6. The van der Waals surface area contributed by atoms with Gasteiger partial charge in [0.2, 0.25) is 11.8 Å². The molecular formula is C23H15N13. The Kier molecular flexibility index (Phi) is 5.01. The number of rotatable bonds is 5. The summed E-state index contributed by atoms with van der Waals surface area (Å²) in [6, 6.07) is 14.3. The summed E-state index contributed by atoms with van der Waals surface area (Å²) >= 11 is 0. The van der Waals surface area contributed by atoms with Gasteiger partial charge < -0.3 is 5.73 Å². The number of hydrogen-bond donors (Lipinski definition) is 1. The van der Waals surface area contributed by atoms with E-state index < -0.39 is 0 Å². The molecule has 0 unspecified atom stereocenters. The van der Waals surface area contributed by atoms with Gasteiger partial charge in [0.15, 0.2) is 17.2 Å². The molecule has 1 aromatic carbocycles. The van der Waals surface area contributed by atoms with Crippen molar-refractivity contribution in [1.29, 1.82) is 0 Å². The highest BCUT2D eigenvalue weighted by Crippen LogP contribution is 2.34. The van der Waals surface area contributed by atoms with Crippen LogP contribution in [0.4, 0.5) is 11.6 Å². The van der Waals surface area contributed by atoms with E-state index in [1.54, 1.807) is 42.7 Å². The van der Waals surface area contributed by atoms with Crippen LogP contribution in [-0.4, -0.2) is 54.7 Å². The standard InChI is InChI=1S/C23H15N13/c1-25-15-6-4-5-14(11-15)20-19(16-8-10-26-13-28-16)22-29-18(32-36(22)23(24)30-20)12-35-33-21(31-34-35)17-7-2-3-9-27-17/h2-11,13H,12H2,(H2,24,30). The Hall–Kier alpha value is -5.64. The zero-order valence-electron chi connectivity index (χ0n) is 18.5. The molecule has 0 radical (unpaired) electrons. The molecule has 0 amide bonds. The van der Waals surface area contributed by atoms with Gasteiger partial charge in [-0.3, -0.25) is 4.98 Å². The Morgan fingerprint density at radius 1 is 0.944 bits per heavy atom. The van der Waals surface area contributed by atoms with E-state index in [0.717, 1.165) is 0 Å². The topological polar surface area (TPSA) is 156 Å². The van der Waals surface area contributed by atoms with Gasteiger partial charge in [0.05, 0.1) is 23.5 Å². The van der Waals surface area contributed by atoms with Crippen LogP contribution < -0.4 is 5.73 Å². The molecule has 0 atom stereocenters. The van der Waals surface area contributed by atoms with Crippen LogP contribution in [0.2, 0.25) is 0 Å². The first-order chi connectivity index (χ1) is 17.7. The van der Waals surface area contributed by atoms with Gasteiger partial charge in [-0.15, -0.1) is 15.3 Å². The van der Waals surface area contributed by atoms with Crippen LogP contribution >= 0.6 is 0 Å². The van der Waals surface area contributed by atoms with Gasteiger partial charge >= 0.3 is 0 Å². The number of nitrogens with zero attached hydrogens (tertiary/aromatic N) is 12. The second-order valence-electron chi connectivity index (χ2n) is 7.57. The first kappa shape index (κ1) is 20.9. The molecule has 0 aliphatic carbocycles. The first-order valence-corrected chi connectivity index (χ1v) is 10.7. The summed E-state index contributed by atoms with van der Waals surface area (Å²) in [6.45, 7) is 7.52. The van der Waals surface area contributed by atoms with Gasteiger partial charge in [0, 0.05) is 12.4 Å². The SMILES string of the molecule is [C-]#[N+]c1cccc(-c2nc(N)n3nc(Cn4nnc(-c5ccccn5)n4)nc3c2-c2ccncn2)c1. The Labute approximate surface area is 203 Å². The number of nitrogen functional groups attached to an aromatic ring is 1. The zero-order chi connectivity index (χ0) is 24.5. The summed E-state index contributed by atoms with van der Waals surface area (Å²) in [4.78, 5) is 26.9. The van der Waals surface area contributed by atoms with Crippen LogP contribution in [0, 0.1) is 6.57 Å². The van der Waals surface area contributed by atoms with Crippen LogP contribution in [0.5, 0.6) is 0 Å². The lowest BCUT2D eigenvalue weighted by atomic mass is 10.0. The van der Waals surface area contributed by atoms with E-state index in [4.69, 9.17) is 17.3 Å². The normalized spacial score (nSPS) is 11.0. The highest BCUT2D eigenvalue weighted by Gasteiger charge is 2.21. The molecule has 0 aliphatic heterocycles. The molecule has 36 heavy (non-hydrogen) atoms. The summed E-state index contributed by atoms with van der Waals surface area (Å²) in [5.41, 5.74) is 10.2. The van der Waals surface area contributed by atoms with Crippen LogP contribution in [-0.2, 0) is 6.54 Å². The molecule has 0 aliphatic rings. The molecule has 5 aromatic heterocycles. The molecule has 6 aromatic rings. The summed E-state index contributed by atoms with van der Waals surface area (Å²) < 4.78 is 1.45. The van der Waals surface area contributed by atoms with Gasteiger partial charge in [-0.25, -0.2) is 24.8 Å². The number of tetrazole rings is 1. The number of hydrogen-bond acceptors (Lipinski definition) is 10. The summed E-state index contributed by atoms with van der Waals surface area (Å²) in [7, 11) is 0. The van der Waals surface area contributed by atoms with Crippen molar-refractivity contribution < 1.29 is 0 Å². The Morgan fingerprint density at radius 2 is 1.89 bits per heavy atom. The third-order valence-corrected chi connectivity index (χ3v) is 5.27. The van der Waals surface area contributed by atoms with Crippen molar-refractivity contribution in [1.82, 2.24) is 54.7 Å². The lowest BCUT2D eigenvalue weighted by Gasteiger charge is -2.11. The van der Waals surface area contributed by atoms with Gasteiger partial charge in [-0.2, -0.15) is 9.31 Å². The van der Waals surface area contributed by atoms with Gasteiger partial charge in [0.1, 0.15) is 18.6 Å². The first-order valence-electron chi connectivity index (χ1n) is 10.7. The van der Waals surface area contributed by atoms with E-state index in [-0.39, 0.29) is 12.5 Å². The number of aromatic nitrogens is 11. The fourth-order valence-electron chi connectivity index (χ4n) is 3.71. The number of benzene rings is 1. The molecule has 13 nitrogen and oxygen atoms in total. The lowest BCUT2D eigenvalue weighted by Crippen LogP contribution is -2.07. The van der Waals surface area contributed by atoms with E-state index in [9.17, 15) is 0 Å². The monoisotopic (exact) mass is 473 g/mol. The quantitative estimate of drug-likeness (QED) is 0.369. The molecule has 172 valence electrons. The third-order valence-electron chi connectivity index (χ3n) is 5.27. The minimum absolute atomic E-state index is 0.130. The number of fused-ring (bicyclic) bond motifs is 1. The molecule has 2 N–H and O–H groups in total. The van der Waals surface area contributed by atoms with Crippen molar-refractivity contribution in [3.63, 3.8) is 0 Å². The molecule has 0 saturated carbocycles. The predicted octanol–water partition coefficient (Wildman–Crippen LogP) is 2.48. The van der Waals surface area contributed by atoms with Crippen molar-refractivity contribution in [2.75, 3.05) is 5.73 Å². The zero-order valence-corrected chi connectivity index (χ0v) is 18.5. The minimum atomic E-state index is 0.130. The molecule has 0 bridgehead atoms. The Balaban J connectivity index is 1.48. The number of pyridine rings is 1. The van der Waals surface area contributed by atoms with Crippen molar-refractivity contribution in [3.05, 3.63) is 84.5 Å². The maximum Gasteiger partial charge on any atom is 0.223 e. The van der Waals surface area contributed by atoms with Crippen LogP contribution in [0.3, 0.4) is 0 Å². The molecule has 6 rings (SSSR count). The van der Waals surface area contributed by atoms with E-state index >= 15 is 0 Å². The average molecular weight is 473 g/mol. The van der Waals surface area contributed by atoms with E-state index in [1.165, 1.54) is 15.6 Å². The summed E-state index contributed by atoms with van der Waals surface area (Å²) in [6.07, 6.45) is 4.73. The Bertz CT molecular complexity index is 1730. The van der Waals surface area contributed by atoms with E-state index in [0.29, 0.717) is 51.2 Å². The van der Waals surface area contributed by atoms with Crippen LogP contribution in [0.15, 0.2) is 67.3 Å². The van der Waals surface area contributed by atoms with Gasteiger partial charge in [0.25, 0.3) is 0 Å². The summed E-state index contributed by atoms with van der Waals surface area (Å²) in [5.74, 6) is 0.922. The van der Waals surface area contributed by atoms with Crippen molar-refractivity contribution in [3.8, 4) is 34.0 Å². The van der Waals surface area contributed by atoms with E-state index in [1.807, 2.05) is 18.2 Å². The van der Waals surface area contributed by atoms with Crippen LogP contribution in [0.1, 0.15) is 5.82 Å². The van der Waals surface area contributed by atoms with Crippen molar-refractivity contribution >= 4 is 17.3 Å². The second kappa shape index (κ2) is 8.61. The number of anilines is 1. The maximum absolute atomic E-state index is 7.37. The molecule has 5 heterocycles. The van der Waals surface area contributed by atoms with Crippen LogP contribution in [0.25, 0.3) is 44.5 Å². The second-order valence-corrected chi connectivity index (χ2v) is 7.57. The fourth-order valence-corrected chi connectivity index (χ4v) is 3.71. The van der Waals surface area contributed by atoms with Crippen molar-refractivity contribution in [2.45, 2.75) is 6.54 Å². The molecule has 0 fully saturated rings. The Morgan fingerprint density at radius 3 is 2.69 bits per heavy atom.